The zero-order chi connectivity index (χ0) is 12.8. The lowest BCUT2D eigenvalue weighted by Gasteiger charge is -2.13. The van der Waals surface area contributed by atoms with E-state index in [1.807, 2.05) is 0 Å². The van der Waals surface area contributed by atoms with Crippen molar-refractivity contribution < 1.29 is 23.7 Å². The van der Waals surface area contributed by atoms with Gasteiger partial charge in [-0.2, -0.15) is 0 Å². The van der Waals surface area contributed by atoms with E-state index in [0.717, 1.165) is 0 Å². The van der Waals surface area contributed by atoms with Crippen molar-refractivity contribution in [1.82, 2.24) is 0 Å². The van der Waals surface area contributed by atoms with Gasteiger partial charge in [0.1, 0.15) is 5.75 Å². The van der Waals surface area contributed by atoms with Crippen LogP contribution in [0.25, 0.3) is 0 Å². The third-order valence-electron chi connectivity index (χ3n) is 2.16. The van der Waals surface area contributed by atoms with E-state index in [1.165, 1.54) is 21.3 Å². The number of hydrogen-bond donors (Lipinski definition) is 0. The van der Waals surface area contributed by atoms with Crippen LogP contribution in [0.2, 0.25) is 0 Å². The minimum Gasteiger partial charge on any atom is -0.493 e. The molecule has 0 aliphatic rings. The third-order valence-corrected chi connectivity index (χ3v) is 2.16. The van der Waals surface area contributed by atoms with Crippen LogP contribution >= 0.6 is 0 Å². The summed E-state index contributed by atoms with van der Waals surface area (Å²) >= 11 is 0. The fourth-order valence-electron chi connectivity index (χ4n) is 1.32. The maximum atomic E-state index is 11.2. The molecule has 0 heterocycles. The lowest BCUT2D eigenvalue weighted by molar-refractivity contribution is -0.134. The van der Waals surface area contributed by atoms with Crippen molar-refractivity contribution in [2.75, 3.05) is 21.3 Å². The predicted octanol–water partition coefficient (Wildman–Crippen LogP) is 2.03. The molecular formula is C12H16O5. The summed E-state index contributed by atoms with van der Waals surface area (Å²) in [4.78, 5) is 11.2. The molecular weight excluding hydrogens is 224 g/mol. The van der Waals surface area contributed by atoms with Crippen LogP contribution in [-0.2, 0) is 4.79 Å². The summed E-state index contributed by atoms with van der Waals surface area (Å²) in [6.07, 6.45) is 0.302. The number of hydrogen-bond acceptors (Lipinski definition) is 5. The van der Waals surface area contributed by atoms with Crippen molar-refractivity contribution in [2.24, 2.45) is 0 Å². The molecule has 0 fully saturated rings. The standard InChI is InChI=1S/C12H16O5/c1-5-11(13)17-8-6-9(14-2)12(16-4)10(7-8)15-3/h6-7H,5H2,1-4H3. The first-order chi connectivity index (χ1) is 8.15. The molecule has 5 nitrogen and oxygen atoms in total. The molecule has 0 N–H and O–H groups in total. The minimum atomic E-state index is -0.320. The van der Waals surface area contributed by atoms with Gasteiger partial charge in [0.05, 0.1) is 21.3 Å². The van der Waals surface area contributed by atoms with Crippen LogP contribution in [0.4, 0.5) is 0 Å². The summed E-state index contributed by atoms with van der Waals surface area (Å²) in [5, 5.41) is 0. The molecule has 1 rings (SSSR count). The van der Waals surface area contributed by atoms with E-state index in [-0.39, 0.29) is 5.97 Å². The highest BCUT2D eigenvalue weighted by molar-refractivity contribution is 5.72. The van der Waals surface area contributed by atoms with Gasteiger partial charge in [-0.05, 0) is 0 Å². The maximum absolute atomic E-state index is 11.2. The molecule has 0 saturated heterocycles. The number of ether oxygens (including phenoxy) is 4. The van der Waals surface area contributed by atoms with Gasteiger partial charge in [0.15, 0.2) is 11.5 Å². The number of rotatable bonds is 5. The van der Waals surface area contributed by atoms with Gasteiger partial charge in [0, 0.05) is 18.6 Å². The van der Waals surface area contributed by atoms with E-state index < -0.39 is 0 Å². The molecule has 0 saturated carbocycles. The van der Waals surface area contributed by atoms with Gasteiger partial charge < -0.3 is 18.9 Å². The normalized spacial score (nSPS) is 9.65. The first-order valence-corrected chi connectivity index (χ1v) is 5.16. The van der Waals surface area contributed by atoms with E-state index in [1.54, 1.807) is 19.1 Å². The fourth-order valence-corrected chi connectivity index (χ4v) is 1.32. The molecule has 94 valence electrons. The quantitative estimate of drug-likeness (QED) is 0.582. The van der Waals surface area contributed by atoms with Crippen molar-refractivity contribution in [3.05, 3.63) is 12.1 Å². The van der Waals surface area contributed by atoms with Crippen LogP contribution in [-0.4, -0.2) is 27.3 Å². The number of benzene rings is 1. The molecule has 1 aromatic rings. The van der Waals surface area contributed by atoms with E-state index in [0.29, 0.717) is 29.4 Å². The van der Waals surface area contributed by atoms with E-state index >= 15 is 0 Å². The lowest BCUT2D eigenvalue weighted by Crippen LogP contribution is -2.06. The van der Waals surface area contributed by atoms with Crippen LogP contribution < -0.4 is 18.9 Å². The zero-order valence-corrected chi connectivity index (χ0v) is 10.4. The monoisotopic (exact) mass is 240 g/mol. The SMILES string of the molecule is CCC(=O)Oc1cc(OC)c(OC)c(OC)c1. The highest BCUT2D eigenvalue weighted by Gasteiger charge is 2.15. The lowest BCUT2D eigenvalue weighted by atomic mass is 10.2. The molecule has 0 aliphatic carbocycles. The first kappa shape index (κ1) is 13.2. The van der Waals surface area contributed by atoms with Crippen molar-refractivity contribution >= 4 is 5.97 Å². The van der Waals surface area contributed by atoms with Crippen LogP contribution in [0.5, 0.6) is 23.0 Å². The van der Waals surface area contributed by atoms with Gasteiger partial charge in [-0.25, -0.2) is 0 Å². The van der Waals surface area contributed by atoms with Crippen LogP contribution in [0.3, 0.4) is 0 Å². The average Bonchev–Trinajstić information content (AvgIpc) is 2.37. The molecule has 5 heteroatoms. The molecule has 17 heavy (non-hydrogen) atoms. The molecule has 0 aliphatic heterocycles. The van der Waals surface area contributed by atoms with E-state index in [9.17, 15) is 4.79 Å². The topological polar surface area (TPSA) is 54.0 Å². The number of carbonyl (C=O) groups excluding carboxylic acids is 1. The average molecular weight is 240 g/mol. The van der Waals surface area contributed by atoms with Gasteiger partial charge in [-0.3, -0.25) is 4.79 Å². The second-order valence-corrected chi connectivity index (χ2v) is 3.19. The Bertz CT molecular complexity index is 375. The Morgan fingerprint density at radius 1 is 1.06 bits per heavy atom. The molecule has 0 amide bonds. The van der Waals surface area contributed by atoms with Crippen molar-refractivity contribution in [1.29, 1.82) is 0 Å². The second kappa shape index (κ2) is 5.98. The first-order valence-electron chi connectivity index (χ1n) is 5.16. The van der Waals surface area contributed by atoms with Crippen LogP contribution in [0.15, 0.2) is 12.1 Å². The van der Waals surface area contributed by atoms with Gasteiger partial charge in [-0.15, -0.1) is 0 Å². The summed E-state index contributed by atoms with van der Waals surface area (Å²) in [6, 6.07) is 3.16. The maximum Gasteiger partial charge on any atom is 0.310 e. The highest BCUT2D eigenvalue weighted by atomic mass is 16.5. The summed E-state index contributed by atoms with van der Waals surface area (Å²) in [5.74, 6) is 1.41. The highest BCUT2D eigenvalue weighted by Crippen LogP contribution is 2.40. The minimum absolute atomic E-state index is 0.302. The number of methoxy groups -OCH3 is 3. The Labute approximate surface area is 100 Å². The summed E-state index contributed by atoms with van der Waals surface area (Å²) in [6.45, 7) is 1.72. The van der Waals surface area contributed by atoms with E-state index in [4.69, 9.17) is 18.9 Å². The number of carbonyl (C=O) groups is 1. The molecule has 0 radical (unpaired) electrons. The second-order valence-electron chi connectivity index (χ2n) is 3.19. The van der Waals surface area contributed by atoms with Crippen molar-refractivity contribution in [2.45, 2.75) is 13.3 Å². The molecule has 0 bridgehead atoms. The van der Waals surface area contributed by atoms with Gasteiger partial charge >= 0.3 is 5.97 Å². The zero-order valence-electron chi connectivity index (χ0n) is 10.4. The largest absolute Gasteiger partial charge is 0.493 e. The molecule has 0 unspecified atom stereocenters. The predicted molar refractivity (Wildman–Crippen MR) is 62.0 cm³/mol. The van der Waals surface area contributed by atoms with Crippen molar-refractivity contribution in [3.63, 3.8) is 0 Å². The number of esters is 1. The van der Waals surface area contributed by atoms with E-state index in [2.05, 4.69) is 0 Å². The fraction of sp³-hybridized carbons (Fsp3) is 0.417. The smallest absolute Gasteiger partial charge is 0.310 e. The van der Waals surface area contributed by atoms with Gasteiger partial charge in [0.25, 0.3) is 0 Å². The third kappa shape index (κ3) is 3.03. The molecule has 1 aromatic carbocycles. The molecule has 0 atom stereocenters. The molecule has 0 spiro atoms. The Hall–Kier alpha value is -1.91. The summed E-state index contributed by atoms with van der Waals surface area (Å²) in [7, 11) is 4.52. The van der Waals surface area contributed by atoms with Gasteiger partial charge in [0.2, 0.25) is 5.75 Å². The van der Waals surface area contributed by atoms with Crippen LogP contribution in [0, 0.1) is 0 Å². The Balaban J connectivity index is 3.13. The molecule has 0 aromatic heterocycles. The summed E-state index contributed by atoms with van der Waals surface area (Å²) < 4.78 is 20.5. The van der Waals surface area contributed by atoms with Gasteiger partial charge in [-0.1, -0.05) is 6.92 Å². The Morgan fingerprint density at radius 3 is 1.94 bits per heavy atom. The van der Waals surface area contributed by atoms with Crippen LogP contribution in [0.1, 0.15) is 13.3 Å². The van der Waals surface area contributed by atoms with Crippen molar-refractivity contribution in [3.8, 4) is 23.0 Å². The Kier molecular flexibility index (Phi) is 4.63. The Morgan fingerprint density at radius 2 is 1.59 bits per heavy atom. The summed E-state index contributed by atoms with van der Waals surface area (Å²) in [5.41, 5.74) is 0.